The van der Waals surface area contributed by atoms with Crippen molar-refractivity contribution in [2.75, 3.05) is 18.4 Å². The lowest BCUT2D eigenvalue weighted by molar-refractivity contribution is -0.112. The van der Waals surface area contributed by atoms with E-state index in [4.69, 9.17) is 9.47 Å². The number of thiazole rings is 1. The van der Waals surface area contributed by atoms with Crippen LogP contribution in [-0.2, 0) is 14.6 Å². The van der Waals surface area contributed by atoms with Crippen LogP contribution in [0.25, 0.3) is 16.3 Å². The summed E-state index contributed by atoms with van der Waals surface area (Å²) < 4.78 is 34.5. The zero-order valence-electron chi connectivity index (χ0n) is 15.0. The maximum atomic E-state index is 12.5. The van der Waals surface area contributed by atoms with Gasteiger partial charge in [-0.2, -0.15) is 5.26 Å². The predicted molar refractivity (Wildman–Crippen MR) is 108 cm³/mol. The molecule has 4 rings (SSSR count). The summed E-state index contributed by atoms with van der Waals surface area (Å²) in [5, 5.41) is 12.2. The van der Waals surface area contributed by atoms with E-state index in [0.29, 0.717) is 27.3 Å². The Morgan fingerprint density at radius 1 is 1.24 bits per heavy atom. The second-order valence-electron chi connectivity index (χ2n) is 6.16. The summed E-state index contributed by atoms with van der Waals surface area (Å²) in [6.07, 6.45) is 2.56. The van der Waals surface area contributed by atoms with Crippen molar-refractivity contribution in [1.82, 2.24) is 4.98 Å². The van der Waals surface area contributed by atoms with Crippen molar-refractivity contribution in [2.45, 2.75) is 4.90 Å². The number of benzene rings is 2. The van der Waals surface area contributed by atoms with Gasteiger partial charge in [0.05, 0.1) is 15.1 Å². The summed E-state index contributed by atoms with van der Waals surface area (Å²) in [6.45, 7) is 0.132. The van der Waals surface area contributed by atoms with E-state index in [1.807, 2.05) is 6.07 Å². The van der Waals surface area contributed by atoms with Crippen LogP contribution >= 0.6 is 11.3 Å². The number of nitriles is 1. The number of nitrogens with zero attached hydrogens (tertiary/aromatic N) is 2. The Morgan fingerprint density at radius 2 is 2.03 bits per heavy atom. The molecule has 10 heteroatoms. The molecule has 0 radical (unpaired) electrons. The van der Waals surface area contributed by atoms with E-state index in [0.717, 1.165) is 17.6 Å². The minimum absolute atomic E-state index is 0.111. The van der Waals surface area contributed by atoms with Crippen LogP contribution in [0, 0.1) is 11.3 Å². The predicted octanol–water partition coefficient (Wildman–Crippen LogP) is 2.97. The van der Waals surface area contributed by atoms with Crippen molar-refractivity contribution in [3.05, 3.63) is 47.5 Å². The smallest absolute Gasteiger partial charge is 0.268 e. The minimum atomic E-state index is -3.34. The van der Waals surface area contributed by atoms with Gasteiger partial charge in [-0.1, -0.05) is 17.4 Å². The summed E-state index contributed by atoms with van der Waals surface area (Å²) in [6, 6.07) is 11.5. The van der Waals surface area contributed by atoms with E-state index in [1.54, 1.807) is 24.3 Å². The molecule has 1 aromatic heterocycles. The number of aromatic nitrogens is 1. The summed E-state index contributed by atoms with van der Waals surface area (Å²) in [4.78, 5) is 16.9. The molecule has 3 aromatic rings. The fourth-order valence-electron chi connectivity index (χ4n) is 2.67. The normalized spacial score (nSPS) is 13.3. The number of carbonyl (C=O) groups excluding carboxylic acids is 1. The first-order valence-electron chi connectivity index (χ1n) is 8.27. The van der Waals surface area contributed by atoms with E-state index in [9.17, 15) is 18.5 Å². The van der Waals surface area contributed by atoms with Gasteiger partial charge in [-0.05, 0) is 42.0 Å². The fraction of sp³-hybridized carbons (Fsp3) is 0.105. The van der Waals surface area contributed by atoms with Crippen molar-refractivity contribution < 1.29 is 22.7 Å². The molecule has 29 heavy (non-hydrogen) atoms. The maximum absolute atomic E-state index is 12.5. The lowest BCUT2D eigenvalue weighted by Gasteiger charge is -2.01. The Labute approximate surface area is 169 Å². The monoisotopic (exact) mass is 427 g/mol. The molecule has 146 valence electrons. The van der Waals surface area contributed by atoms with E-state index in [-0.39, 0.29) is 22.4 Å². The van der Waals surface area contributed by atoms with E-state index >= 15 is 0 Å². The number of sulfone groups is 1. The standard InChI is InChI=1S/C19H13N3O5S2/c1-29(24,25)13-3-4-14-17(8-13)28-19(21-14)22-18(23)12(9-20)6-11-2-5-15-16(7-11)27-10-26-15/h2-8H,10H2,1H3,(H,21,22,23)/b12-6+. The lowest BCUT2D eigenvalue weighted by atomic mass is 10.1. The van der Waals surface area contributed by atoms with Crippen LogP contribution in [-0.4, -0.2) is 32.4 Å². The highest BCUT2D eigenvalue weighted by Crippen LogP contribution is 2.33. The first kappa shape index (κ1) is 18.9. The topological polar surface area (TPSA) is 118 Å². The van der Waals surface area contributed by atoms with Gasteiger partial charge in [-0.25, -0.2) is 13.4 Å². The van der Waals surface area contributed by atoms with Gasteiger partial charge in [-0.15, -0.1) is 0 Å². The first-order chi connectivity index (χ1) is 13.8. The Kier molecular flexibility index (Phi) is 4.70. The average molecular weight is 427 g/mol. The maximum Gasteiger partial charge on any atom is 0.268 e. The third kappa shape index (κ3) is 3.91. The molecular formula is C19H13N3O5S2. The van der Waals surface area contributed by atoms with Gasteiger partial charge < -0.3 is 9.47 Å². The number of amides is 1. The van der Waals surface area contributed by atoms with Crippen molar-refractivity contribution in [1.29, 1.82) is 5.26 Å². The zero-order valence-corrected chi connectivity index (χ0v) is 16.6. The van der Waals surface area contributed by atoms with Crippen LogP contribution < -0.4 is 14.8 Å². The molecule has 2 aromatic carbocycles. The molecule has 0 saturated carbocycles. The van der Waals surface area contributed by atoms with Gasteiger partial charge in [0.1, 0.15) is 11.6 Å². The summed E-state index contributed by atoms with van der Waals surface area (Å²) in [5.41, 5.74) is 1.05. The van der Waals surface area contributed by atoms with Gasteiger partial charge in [0.15, 0.2) is 26.5 Å². The molecule has 1 aliphatic rings. The van der Waals surface area contributed by atoms with Crippen LogP contribution in [0.5, 0.6) is 11.5 Å². The van der Waals surface area contributed by atoms with Crippen LogP contribution in [0.15, 0.2) is 46.9 Å². The summed E-state index contributed by atoms with van der Waals surface area (Å²) in [7, 11) is -3.34. The molecule has 0 atom stereocenters. The largest absolute Gasteiger partial charge is 0.454 e. The van der Waals surface area contributed by atoms with Crippen LogP contribution in [0.1, 0.15) is 5.56 Å². The number of ether oxygens (including phenoxy) is 2. The van der Waals surface area contributed by atoms with Crippen molar-refractivity contribution in [2.24, 2.45) is 0 Å². The molecule has 1 N–H and O–H groups in total. The molecule has 0 fully saturated rings. The average Bonchev–Trinajstić information content (AvgIpc) is 3.30. The lowest BCUT2D eigenvalue weighted by Crippen LogP contribution is -2.13. The number of hydrogen-bond donors (Lipinski definition) is 1. The molecule has 1 aliphatic heterocycles. The molecule has 8 nitrogen and oxygen atoms in total. The molecule has 2 heterocycles. The molecule has 0 saturated heterocycles. The van der Waals surface area contributed by atoms with Gasteiger partial charge in [0.2, 0.25) is 6.79 Å². The quantitative estimate of drug-likeness (QED) is 0.502. The molecule has 0 unspecified atom stereocenters. The molecule has 0 aliphatic carbocycles. The number of anilines is 1. The second-order valence-corrected chi connectivity index (χ2v) is 9.20. The van der Waals surface area contributed by atoms with E-state index < -0.39 is 15.7 Å². The van der Waals surface area contributed by atoms with Crippen molar-refractivity contribution in [3.8, 4) is 17.6 Å². The van der Waals surface area contributed by atoms with E-state index in [1.165, 1.54) is 18.2 Å². The highest BCUT2D eigenvalue weighted by Gasteiger charge is 2.16. The number of hydrogen-bond acceptors (Lipinski definition) is 8. The second kappa shape index (κ2) is 7.20. The molecule has 0 bridgehead atoms. The third-order valence-electron chi connectivity index (χ3n) is 4.08. The van der Waals surface area contributed by atoms with Crippen molar-refractivity contribution >= 4 is 48.5 Å². The van der Waals surface area contributed by atoms with Gasteiger partial charge in [0, 0.05) is 6.26 Å². The first-order valence-corrected chi connectivity index (χ1v) is 11.0. The number of fused-ring (bicyclic) bond motifs is 2. The fourth-order valence-corrected chi connectivity index (χ4v) is 4.29. The SMILES string of the molecule is CS(=O)(=O)c1ccc2nc(NC(=O)/C(C#N)=C/c3ccc4c(c3)OCO4)sc2c1. The van der Waals surface area contributed by atoms with E-state index in [2.05, 4.69) is 10.3 Å². The van der Waals surface area contributed by atoms with Crippen LogP contribution in [0.2, 0.25) is 0 Å². The highest BCUT2D eigenvalue weighted by molar-refractivity contribution is 7.90. The Balaban J connectivity index is 1.58. The number of rotatable bonds is 4. The number of carbonyl (C=O) groups is 1. The zero-order chi connectivity index (χ0) is 20.6. The van der Waals surface area contributed by atoms with Gasteiger partial charge in [-0.3, -0.25) is 10.1 Å². The molecule has 1 amide bonds. The van der Waals surface area contributed by atoms with Crippen molar-refractivity contribution in [3.63, 3.8) is 0 Å². The molecular weight excluding hydrogens is 414 g/mol. The van der Waals surface area contributed by atoms with Gasteiger partial charge >= 0.3 is 0 Å². The number of nitrogens with one attached hydrogen (secondary N) is 1. The summed E-state index contributed by atoms with van der Waals surface area (Å²) >= 11 is 1.13. The third-order valence-corrected chi connectivity index (χ3v) is 6.13. The Morgan fingerprint density at radius 3 is 2.79 bits per heavy atom. The van der Waals surface area contributed by atoms with Gasteiger partial charge in [0.25, 0.3) is 5.91 Å². The molecule has 0 spiro atoms. The highest BCUT2D eigenvalue weighted by atomic mass is 32.2. The Bertz CT molecular complexity index is 1320. The summed E-state index contributed by atoms with van der Waals surface area (Å²) in [5.74, 6) is 0.532. The Hall–Kier alpha value is -3.42. The van der Waals surface area contributed by atoms with Crippen LogP contribution in [0.3, 0.4) is 0 Å². The van der Waals surface area contributed by atoms with Crippen LogP contribution in [0.4, 0.5) is 5.13 Å². The minimum Gasteiger partial charge on any atom is -0.454 e.